The van der Waals surface area contributed by atoms with Crippen LogP contribution in [0.2, 0.25) is 0 Å². The SMILES string of the molecule is Cc1noc(C)c1CN1CCCC2CNCC21. The van der Waals surface area contributed by atoms with E-state index in [1.807, 2.05) is 13.8 Å². The van der Waals surface area contributed by atoms with Gasteiger partial charge in [0.2, 0.25) is 0 Å². The summed E-state index contributed by atoms with van der Waals surface area (Å²) in [4.78, 5) is 2.61. The number of nitrogens with one attached hydrogen (secondary N) is 1. The van der Waals surface area contributed by atoms with Crippen molar-refractivity contribution in [1.82, 2.24) is 15.4 Å². The molecule has 0 amide bonds. The second kappa shape index (κ2) is 4.42. The molecule has 0 aliphatic carbocycles. The van der Waals surface area contributed by atoms with Crippen molar-refractivity contribution in [3.05, 3.63) is 17.0 Å². The van der Waals surface area contributed by atoms with Gasteiger partial charge in [-0.25, -0.2) is 0 Å². The van der Waals surface area contributed by atoms with Crippen LogP contribution in [0.1, 0.15) is 29.9 Å². The standard InChI is InChI=1S/C13H21N3O/c1-9-12(10(2)17-15-9)8-16-5-3-4-11-6-14-7-13(11)16/h11,13-14H,3-8H2,1-2H3. The predicted octanol–water partition coefficient (Wildman–Crippen LogP) is 1.48. The zero-order chi connectivity index (χ0) is 11.8. The Labute approximate surface area is 102 Å². The van der Waals surface area contributed by atoms with Crippen molar-refractivity contribution in [1.29, 1.82) is 0 Å². The highest BCUT2D eigenvalue weighted by Crippen LogP contribution is 2.28. The van der Waals surface area contributed by atoms with E-state index in [-0.39, 0.29) is 0 Å². The van der Waals surface area contributed by atoms with E-state index in [1.54, 1.807) is 0 Å². The Bertz CT molecular complexity index is 382. The average Bonchev–Trinajstić information content (AvgIpc) is 2.91. The first-order valence-corrected chi connectivity index (χ1v) is 6.62. The summed E-state index contributed by atoms with van der Waals surface area (Å²) >= 11 is 0. The van der Waals surface area contributed by atoms with E-state index in [2.05, 4.69) is 15.4 Å². The number of fused-ring (bicyclic) bond motifs is 1. The molecule has 2 fully saturated rings. The van der Waals surface area contributed by atoms with Crippen LogP contribution in [0, 0.1) is 19.8 Å². The molecule has 2 aliphatic heterocycles. The molecule has 0 spiro atoms. The van der Waals surface area contributed by atoms with Gasteiger partial charge in [0.15, 0.2) is 0 Å². The van der Waals surface area contributed by atoms with Gasteiger partial charge < -0.3 is 9.84 Å². The fraction of sp³-hybridized carbons (Fsp3) is 0.769. The van der Waals surface area contributed by atoms with Crippen molar-refractivity contribution in [2.24, 2.45) is 5.92 Å². The second-order valence-electron chi connectivity index (χ2n) is 5.40. The minimum atomic E-state index is 0.720. The highest BCUT2D eigenvalue weighted by Gasteiger charge is 2.35. The van der Waals surface area contributed by atoms with Gasteiger partial charge in [0.05, 0.1) is 5.69 Å². The van der Waals surface area contributed by atoms with Gasteiger partial charge in [0.25, 0.3) is 0 Å². The zero-order valence-corrected chi connectivity index (χ0v) is 10.7. The number of nitrogens with zero attached hydrogens (tertiary/aromatic N) is 2. The van der Waals surface area contributed by atoms with Crippen molar-refractivity contribution < 1.29 is 4.52 Å². The lowest BCUT2D eigenvalue weighted by molar-refractivity contribution is 0.117. The predicted molar refractivity (Wildman–Crippen MR) is 65.8 cm³/mol. The number of hydrogen-bond acceptors (Lipinski definition) is 4. The minimum Gasteiger partial charge on any atom is -0.361 e. The summed E-state index contributed by atoms with van der Waals surface area (Å²) in [6.07, 6.45) is 2.71. The summed E-state index contributed by atoms with van der Waals surface area (Å²) in [5.41, 5.74) is 2.34. The maximum atomic E-state index is 5.26. The van der Waals surface area contributed by atoms with E-state index in [1.165, 1.54) is 31.5 Å². The highest BCUT2D eigenvalue weighted by atomic mass is 16.5. The van der Waals surface area contributed by atoms with Gasteiger partial charge in [-0.05, 0) is 45.7 Å². The number of aromatic nitrogens is 1. The molecule has 3 rings (SSSR count). The average molecular weight is 235 g/mol. The van der Waals surface area contributed by atoms with Gasteiger partial charge in [0.1, 0.15) is 5.76 Å². The molecular weight excluding hydrogens is 214 g/mol. The second-order valence-corrected chi connectivity index (χ2v) is 5.40. The third-order valence-corrected chi connectivity index (χ3v) is 4.34. The number of hydrogen-bond donors (Lipinski definition) is 1. The normalized spacial score (nSPS) is 29.5. The van der Waals surface area contributed by atoms with Crippen molar-refractivity contribution >= 4 is 0 Å². The maximum Gasteiger partial charge on any atom is 0.138 e. The highest BCUT2D eigenvalue weighted by molar-refractivity contribution is 5.21. The first-order chi connectivity index (χ1) is 8.25. The molecule has 4 nitrogen and oxygen atoms in total. The molecule has 1 aromatic rings. The summed E-state index contributed by atoms with van der Waals surface area (Å²) in [6, 6.07) is 0.720. The zero-order valence-electron chi connectivity index (χ0n) is 10.7. The number of likely N-dealkylation sites (tertiary alicyclic amines) is 1. The number of piperidine rings is 1. The van der Waals surface area contributed by atoms with Crippen LogP contribution in [-0.2, 0) is 6.54 Å². The molecule has 0 radical (unpaired) electrons. The number of aryl methyl sites for hydroxylation is 2. The Morgan fingerprint density at radius 2 is 2.29 bits per heavy atom. The molecule has 2 unspecified atom stereocenters. The molecule has 3 heterocycles. The lowest BCUT2D eigenvalue weighted by Crippen LogP contribution is -2.44. The van der Waals surface area contributed by atoms with E-state index in [0.717, 1.165) is 36.5 Å². The molecule has 0 saturated carbocycles. The molecule has 4 heteroatoms. The van der Waals surface area contributed by atoms with Gasteiger partial charge in [-0.3, -0.25) is 4.90 Å². The molecule has 0 bridgehead atoms. The largest absolute Gasteiger partial charge is 0.361 e. The molecule has 1 aromatic heterocycles. The molecule has 2 aliphatic rings. The summed E-state index contributed by atoms with van der Waals surface area (Å²) in [6.45, 7) is 8.62. The van der Waals surface area contributed by atoms with E-state index >= 15 is 0 Å². The Morgan fingerprint density at radius 1 is 1.41 bits per heavy atom. The van der Waals surface area contributed by atoms with Crippen molar-refractivity contribution in [3.63, 3.8) is 0 Å². The fourth-order valence-electron chi connectivity index (χ4n) is 3.29. The third kappa shape index (κ3) is 2.00. The van der Waals surface area contributed by atoms with Gasteiger partial charge >= 0.3 is 0 Å². The lowest BCUT2D eigenvalue weighted by atomic mass is 9.91. The third-order valence-electron chi connectivity index (χ3n) is 4.34. The Morgan fingerprint density at radius 3 is 3.06 bits per heavy atom. The van der Waals surface area contributed by atoms with Crippen LogP contribution in [0.5, 0.6) is 0 Å². The van der Waals surface area contributed by atoms with Gasteiger partial charge in [0, 0.05) is 24.7 Å². The van der Waals surface area contributed by atoms with Crippen LogP contribution >= 0.6 is 0 Å². The van der Waals surface area contributed by atoms with Crippen LogP contribution in [0.15, 0.2) is 4.52 Å². The summed E-state index contributed by atoms with van der Waals surface area (Å²) in [7, 11) is 0. The molecule has 94 valence electrons. The smallest absolute Gasteiger partial charge is 0.138 e. The van der Waals surface area contributed by atoms with E-state index in [9.17, 15) is 0 Å². The van der Waals surface area contributed by atoms with Crippen LogP contribution in [0.25, 0.3) is 0 Å². The molecule has 1 N–H and O–H groups in total. The van der Waals surface area contributed by atoms with Crippen LogP contribution in [0.4, 0.5) is 0 Å². The summed E-state index contributed by atoms with van der Waals surface area (Å²) in [5.74, 6) is 1.83. The van der Waals surface area contributed by atoms with Crippen LogP contribution in [-0.4, -0.2) is 35.7 Å². The molecule has 0 aromatic carbocycles. The Kier molecular flexibility index (Phi) is 2.92. The van der Waals surface area contributed by atoms with Crippen molar-refractivity contribution in [3.8, 4) is 0 Å². The summed E-state index contributed by atoms with van der Waals surface area (Å²) < 4.78 is 5.26. The first kappa shape index (κ1) is 11.2. The molecule has 17 heavy (non-hydrogen) atoms. The van der Waals surface area contributed by atoms with Crippen molar-refractivity contribution in [2.75, 3.05) is 19.6 Å². The quantitative estimate of drug-likeness (QED) is 0.843. The maximum absolute atomic E-state index is 5.26. The monoisotopic (exact) mass is 235 g/mol. The van der Waals surface area contributed by atoms with Crippen LogP contribution < -0.4 is 5.32 Å². The van der Waals surface area contributed by atoms with Gasteiger partial charge in [-0.15, -0.1) is 0 Å². The summed E-state index contributed by atoms with van der Waals surface area (Å²) in [5, 5.41) is 7.57. The van der Waals surface area contributed by atoms with Crippen LogP contribution in [0.3, 0.4) is 0 Å². The fourth-order valence-corrected chi connectivity index (χ4v) is 3.29. The molecule has 2 atom stereocenters. The number of rotatable bonds is 2. The Hall–Kier alpha value is -0.870. The minimum absolute atomic E-state index is 0.720. The van der Waals surface area contributed by atoms with E-state index in [4.69, 9.17) is 4.52 Å². The molecular formula is C13H21N3O. The van der Waals surface area contributed by atoms with E-state index in [0.29, 0.717) is 0 Å². The van der Waals surface area contributed by atoms with Gasteiger partial charge in [-0.1, -0.05) is 5.16 Å². The molecule has 2 saturated heterocycles. The van der Waals surface area contributed by atoms with Crippen molar-refractivity contribution in [2.45, 2.75) is 39.3 Å². The lowest BCUT2D eigenvalue weighted by Gasteiger charge is -2.36. The first-order valence-electron chi connectivity index (χ1n) is 6.62. The van der Waals surface area contributed by atoms with E-state index < -0.39 is 0 Å². The van der Waals surface area contributed by atoms with Gasteiger partial charge in [-0.2, -0.15) is 0 Å². The Balaban J connectivity index is 1.76. The topological polar surface area (TPSA) is 41.3 Å².